The zero-order chi connectivity index (χ0) is 12.2. The molecule has 2 atom stereocenters. The van der Waals surface area contributed by atoms with E-state index in [1.54, 1.807) is 0 Å². The standard InChI is InChI=1S/C13H25NO2/c1-10(2)7-12(15)16-9-13(3)6-4-5-11(14)8-13/h10-11H,4-9,14H2,1-3H3. The Labute approximate surface area is 98.7 Å². The Hall–Kier alpha value is -0.570. The summed E-state index contributed by atoms with van der Waals surface area (Å²) in [6, 6.07) is 0.280. The maximum absolute atomic E-state index is 11.5. The molecular weight excluding hydrogens is 202 g/mol. The number of nitrogens with two attached hydrogens (primary N) is 1. The molecule has 1 aliphatic rings. The highest BCUT2D eigenvalue weighted by molar-refractivity contribution is 5.69. The van der Waals surface area contributed by atoms with E-state index < -0.39 is 0 Å². The minimum absolute atomic E-state index is 0.0737. The van der Waals surface area contributed by atoms with Crippen molar-refractivity contribution in [2.24, 2.45) is 17.1 Å². The van der Waals surface area contributed by atoms with E-state index in [2.05, 4.69) is 6.92 Å². The van der Waals surface area contributed by atoms with Crippen molar-refractivity contribution in [3.05, 3.63) is 0 Å². The van der Waals surface area contributed by atoms with Crippen molar-refractivity contribution in [3.63, 3.8) is 0 Å². The molecule has 0 aliphatic heterocycles. The Balaban J connectivity index is 2.32. The molecule has 0 aromatic rings. The van der Waals surface area contributed by atoms with E-state index in [0.29, 0.717) is 18.9 Å². The minimum Gasteiger partial charge on any atom is -0.465 e. The van der Waals surface area contributed by atoms with Crippen molar-refractivity contribution in [1.29, 1.82) is 0 Å². The van der Waals surface area contributed by atoms with Gasteiger partial charge >= 0.3 is 5.97 Å². The third-order valence-corrected chi connectivity index (χ3v) is 3.27. The van der Waals surface area contributed by atoms with Crippen molar-refractivity contribution < 1.29 is 9.53 Å². The fourth-order valence-corrected chi connectivity index (χ4v) is 2.41. The zero-order valence-electron chi connectivity index (χ0n) is 10.8. The van der Waals surface area contributed by atoms with Crippen molar-refractivity contribution in [3.8, 4) is 0 Å². The SMILES string of the molecule is CC(C)CC(=O)OCC1(C)CCCC(N)C1. The molecule has 2 N–H and O–H groups in total. The van der Waals surface area contributed by atoms with E-state index in [4.69, 9.17) is 10.5 Å². The minimum atomic E-state index is -0.0737. The van der Waals surface area contributed by atoms with E-state index in [1.807, 2.05) is 13.8 Å². The van der Waals surface area contributed by atoms with E-state index in [9.17, 15) is 4.79 Å². The van der Waals surface area contributed by atoms with Gasteiger partial charge in [-0.25, -0.2) is 0 Å². The average Bonchev–Trinajstić information content (AvgIpc) is 2.13. The van der Waals surface area contributed by atoms with E-state index in [0.717, 1.165) is 25.7 Å². The number of hydrogen-bond acceptors (Lipinski definition) is 3. The van der Waals surface area contributed by atoms with Gasteiger partial charge in [-0.2, -0.15) is 0 Å². The summed E-state index contributed by atoms with van der Waals surface area (Å²) in [5.41, 5.74) is 6.06. The quantitative estimate of drug-likeness (QED) is 0.751. The van der Waals surface area contributed by atoms with Gasteiger partial charge in [-0.3, -0.25) is 4.79 Å². The molecule has 1 aliphatic carbocycles. The molecule has 0 bridgehead atoms. The largest absolute Gasteiger partial charge is 0.465 e. The third-order valence-electron chi connectivity index (χ3n) is 3.27. The number of carbonyl (C=O) groups excluding carboxylic acids is 1. The summed E-state index contributed by atoms with van der Waals surface area (Å²) in [4.78, 5) is 11.5. The van der Waals surface area contributed by atoms with Crippen LogP contribution in [0.1, 0.15) is 52.9 Å². The van der Waals surface area contributed by atoms with Crippen molar-refractivity contribution in [1.82, 2.24) is 0 Å². The molecule has 0 aromatic heterocycles. The third kappa shape index (κ3) is 4.52. The average molecular weight is 227 g/mol. The zero-order valence-corrected chi connectivity index (χ0v) is 10.8. The van der Waals surface area contributed by atoms with Crippen LogP contribution in [0.4, 0.5) is 0 Å². The molecule has 0 aromatic carbocycles. The Morgan fingerprint density at radius 1 is 1.56 bits per heavy atom. The number of esters is 1. The predicted molar refractivity (Wildman–Crippen MR) is 65.0 cm³/mol. The fraction of sp³-hybridized carbons (Fsp3) is 0.923. The second kappa shape index (κ2) is 5.67. The highest BCUT2D eigenvalue weighted by Gasteiger charge is 2.31. The highest BCUT2D eigenvalue weighted by atomic mass is 16.5. The smallest absolute Gasteiger partial charge is 0.306 e. The first-order chi connectivity index (χ1) is 7.41. The Morgan fingerprint density at radius 2 is 2.25 bits per heavy atom. The van der Waals surface area contributed by atoms with Gasteiger partial charge in [0.2, 0.25) is 0 Å². The molecule has 0 saturated heterocycles. The normalized spacial score (nSPS) is 30.4. The van der Waals surface area contributed by atoms with Crippen LogP contribution in [0.25, 0.3) is 0 Å². The molecule has 0 spiro atoms. The van der Waals surface area contributed by atoms with Gasteiger partial charge in [0.25, 0.3) is 0 Å². The van der Waals surface area contributed by atoms with E-state index in [1.165, 1.54) is 0 Å². The van der Waals surface area contributed by atoms with Gasteiger partial charge in [-0.05, 0) is 25.2 Å². The summed E-state index contributed by atoms with van der Waals surface area (Å²) >= 11 is 0. The van der Waals surface area contributed by atoms with Gasteiger partial charge in [0.1, 0.15) is 0 Å². The molecule has 3 nitrogen and oxygen atoms in total. The van der Waals surface area contributed by atoms with Crippen LogP contribution in [-0.2, 0) is 9.53 Å². The van der Waals surface area contributed by atoms with Crippen LogP contribution in [0.3, 0.4) is 0 Å². The summed E-state index contributed by atoms with van der Waals surface area (Å²) in [6.07, 6.45) is 4.87. The van der Waals surface area contributed by atoms with Gasteiger partial charge in [0.15, 0.2) is 0 Å². The van der Waals surface area contributed by atoms with E-state index in [-0.39, 0.29) is 17.4 Å². The maximum atomic E-state index is 11.5. The van der Waals surface area contributed by atoms with Crippen LogP contribution >= 0.6 is 0 Å². The van der Waals surface area contributed by atoms with Crippen LogP contribution in [0, 0.1) is 11.3 Å². The van der Waals surface area contributed by atoms with Crippen LogP contribution < -0.4 is 5.73 Å². The van der Waals surface area contributed by atoms with E-state index >= 15 is 0 Å². The highest BCUT2D eigenvalue weighted by Crippen LogP contribution is 2.35. The van der Waals surface area contributed by atoms with Gasteiger partial charge in [0, 0.05) is 17.9 Å². The summed E-state index contributed by atoms with van der Waals surface area (Å²) in [5.74, 6) is 0.296. The molecule has 1 rings (SSSR count). The lowest BCUT2D eigenvalue weighted by Crippen LogP contribution is -2.37. The number of hydrogen-bond donors (Lipinski definition) is 1. The molecular formula is C13H25NO2. The second-order valence-electron chi connectivity index (χ2n) is 5.93. The maximum Gasteiger partial charge on any atom is 0.306 e. The molecule has 16 heavy (non-hydrogen) atoms. The number of ether oxygens (including phenoxy) is 1. The Bertz CT molecular complexity index is 240. The molecule has 1 fully saturated rings. The Morgan fingerprint density at radius 3 is 2.81 bits per heavy atom. The number of rotatable bonds is 4. The number of carbonyl (C=O) groups is 1. The molecule has 0 radical (unpaired) electrons. The van der Waals surface area contributed by atoms with Gasteiger partial charge in [-0.15, -0.1) is 0 Å². The topological polar surface area (TPSA) is 52.3 Å². The van der Waals surface area contributed by atoms with Crippen LogP contribution in [0.15, 0.2) is 0 Å². The molecule has 1 saturated carbocycles. The van der Waals surface area contributed by atoms with Gasteiger partial charge in [-0.1, -0.05) is 27.2 Å². The molecule has 3 heteroatoms. The fourth-order valence-electron chi connectivity index (χ4n) is 2.41. The van der Waals surface area contributed by atoms with Crippen molar-refractivity contribution >= 4 is 5.97 Å². The summed E-state index contributed by atoms with van der Waals surface area (Å²) in [5, 5.41) is 0. The summed E-state index contributed by atoms with van der Waals surface area (Å²) in [7, 11) is 0. The molecule has 2 unspecified atom stereocenters. The van der Waals surface area contributed by atoms with Crippen molar-refractivity contribution in [2.75, 3.05) is 6.61 Å². The molecule has 0 amide bonds. The second-order valence-corrected chi connectivity index (χ2v) is 5.93. The van der Waals surface area contributed by atoms with Crippen molar-refractivity contribution in [2.45, 2.75) is 58.9 Å². The first-order valence-corrected chi connectivity index (χ1v) is 6.32. The predicted octanol–water partition coefficient (Wildman–Crippen LogP) is 2.48. The summed E-state index contributed by atoms with van der Waals surface area (Å²) in [6.45, 7) is 6.76. The first kappa shape index (κ1) is 13.5. The van der Waals surface area contributed by atoms with Crippen LogP contribution in [-0.4, -0.2) is 18.6 Å². The van der Waals surface area contributed by atoms with Crippen LogP contribution in [0.5, 0.6) is 0 Å². The van der Waals surface area contributed by atoms with Crippen LogP contribution in [0.2, 0.25) is 0 Å². The van der Waals surface area contributed by atoms with Gasteiger partial charge < -0.3 is 10.5 Å². The first-order valence-electron chi connectivity index (χ1n) is 6.32. The monoisotopic (exact) mass is 227 g/mol. The van der Waals surface area contributed by atoms with Gasteiger partial charge in [0.05, 0.1) is 6.61 Å². The molecule has 0 heterocycles. The Kier molecular flexibility index (Phi) is 4.78. The lowest BCUT2D eigenvalue weighted by Gasteiger charge is -2.36. The lowest BCUT2D eigenvalue weighted by molar-refractivity contribution is -0.148. The summed E-state index contributed by atoms with van der Waals surface area (Å²) < 4.78 is 5.35. The molecule has 94 valence electrons. The lowest BCUT2D eigenvalue weighted by atomic mass is 9.74.